The Morgan fingerprint density at radius 3 is 2.81 bits per heavy atom. The van der Waals surface area contributed by atoms with E-state index in [1.165, 1.54) is 6.07 Å². The fourth-order valence-electron chi connectivity index (χ4n) is 2.83. The zero-order chi connectivity index (χ0) is 18.1. The molecule has 1 aromatic heterocycles. The molecule has 0 amide bonds. The molecule has 4 rings (SSSR count). The average molecular weight is 352 g/mol. The van der Waals surface area contributed by atoms with E-state index < -0.39 is 17.7 Å². The lowest BCUT2D eigenvalue weighted by molar-refractivity contribution is -0.155. The zero-order valence-electron chi connectivity index (χ0n) is 14.1. The molecule has 0 fully saturated rings. The summed E-state index contributed by atoms with van der Waals surface area (Å²) in [5.74, 6) is 0.550. The molecule has 26 heavy (non-hydrogen) atoms. The standard InChI is InChI=1S/C20H16O6/c1-12-6-7-14-13(9-19(21)26-17(14)8-12)10-24-20(22)18-11-23-15-4-2-3-5-16(15)25-18/h2-9,18H,10-11H2,1H3. The second-order valence-electron chi connectivity index (χ2n) is 6.06. The van der Waals surface area contributed by atoms with Crippen LogP contribution in [0.4, 0.5) is 0 Å². The molecule has 0 bridgehead atoms. The van der Waals surface area contributed by atoms with E-state index >= 15 is 0 Å². The maximum Gasteiger partial charge on any atom is 0.351 e. The van der Waals surface area contributed by atoms with Gasteiger partial charge in [-0.2, -0.15) is 0 Å². The van der Waals surface area contributed by atoms with Gasteiger partial charge in [0.05, 0.1) is 0 Å². The van der Waals surface area contributed by atoms with Crippen molar-refractivity contribution >= 4 is 16.9 Å². The third kappa shape index (κ3) is 3.13. The van der Waals surface area contributed by atoms with Gasteiger partial charge < -0.3 is 18.6 Å². The minimum absolute atomic E-state index is 0.0501. The fourth-order valence-corrected chi connectivity index (χ4v) is 2.83. The minimum atomic E-state index is -0.849. The van der Waals surface area contributed by atoms with Crippen LogP contribution in [0.1, 0.15) is 11.1 Å². The van der Waals surface area contributed by atoms with Crippen molar-refractivity contribution in [2.45, 2.75) is 19.6 Å². The molecular weight excluding hydrogens is 336 g/mol. The Balaban J connectivity index is 1.50. The molecule has 0 radical (unpaired) electrons. The van der Waals surface area contributed by atoms with Crippen LogP contribution >= 0.6 is 0 Å². The Kier molecular flexibility index (Phi) is 4.08. The molecule has 1 aliphatic heterocycles. The molecule has 2 aromatic carbocycles. The van der Waals surface area contributed by atoms with Gasteiger partial charge in [0.25, 0.3) is 0 Å². The molecular formula is C20H16O6. The molecule has 2 heterocycles. The Hall–Kier alpha value is -3.28. The number of ether oxygens (including phenoxy) is 3. The van der Waals surface area contributed by atoms with E-state index in [1.54, 1.807) is 24.3 Å². The van der Waals surface area contributed by atoms with Crippen LogP contribution in [0.25, 0.3) is 11.0 Å². The van der Waals surface area contributed by atoms with Crippen LogP contribution in [0.15, 0.2) is 57.7 Å². The molecule has 132 valence electrons. The number of benzene rings is 2. The Morgan fingerprint density at radius 1 is 1.15 bits per heavy atom. The number of hydrogen-bond donors (Lipinski definition) is 0. The van der Waals surface area contributed by atoms with Crippen LogP contribution in [0, 0.1) is 6.92 Å². The summed E-state index contributed by atoms with van der Waals surface area (Å²) in [6.07, 6.45) is -0.849. The third-order valence-corrected chi connectivity index (χ3v) is 4.13. The van der Waals surface area contributed by atoms with Crippen molar-refractivity contribution < 1.29 is 23.4 Å². The number of rotatable bonds is 3. The van der Waals surface area contributed by atoms with Gasteiger partial charge in [-0.1, -0.05) is 24.3 Å². The third-order valence-electron chi connectivity index (χ3n) is 4.13. The van der Waals surface area contributed by atoms with E-state index in [1.807, 2.05) is 25.1 Å². The maximum absolute atomic E-state index is 12.3. The van der Waals surface area contributed by atoms with Crippen LogP contribution in [-0.2, 0) is 16.1 Å². The van der Waals surface area contributed by atoms with Crippen LogP contribution in [-0.4, -0.2) is 18.7 Å². The topological polar surface area (TPSA) is 75.0 Å². The van der Waals surface area contributed by atoms with E-state index in [9.17, 15) is 9.59 Å². The first-order chi connectivity index (χ1) is 12.6. The highest BCUT2D eigenvalue weighted by atomic mass is 16.6. The normalized spacial score (nSPS) is 15.7. The lowest BCUT2D eigenvalue weighted by atomic mass is 10.1. The number of esters is 1. The van der Waals surface area contributed by atoms with Crippen molar-refractivity contribution in [2.24, 2.45) is 0 Å². The summed E-state index contributed by atoms with van der Waals surface area (Å²) >= 11 is 0. The summed E-state index contributed by atoms with van der Waals surface area (Å²) in [6.45, 7) is 1.93. The SMILES string of the molecule is Cc1ccc2c(COC(=O)C3COc4ccccc4O3)cc(=O)oc2c1. The van der Waals surface area contributed by atoms with Gasteiger partial charge in [-0.25, -0.2) is 9.59 Å². The lowest BCUT2D eigenvalue weighted by Gasteiger charge is -2.24. The van der Waals surface area contributed by atoms with Gasteiger partial charge in [-0.15, -0.1) is 0 Å². The van der Waals surface area contributed by atoms with Crippen molar-refractivity contribution in [3.8, 4) is 11.5 Å². The van der Waals surface area contributed by atoms with Crippen LogP contribution in [0.2, 0.25) is 0 Å². The molecule has 1 aliphatic rings. The second kappa shape index (κ2) is 6.55. The molecule has 0 saturated carbocycles. The first kappa shape index (κ1) is 16.2. The average Bonchev–Trinajstić information content (AvgIpc) is 2.65. The van der Waals surface area contributed by atoms with Crippen molar-refractivity contribution in [1.29, 1.82) is 0 Å². The van der Waals surface area contributed by atoms with E-state index in [4.69, 9.17) is 18.6 Å². The quantitative estimate of drug-likeness (QED) is 0.533. The van der Waals surface area contributed by atoms with Crippen molar-refractivity contribution in [1.82, 2.24) is 0 Å². The van der Waals surface area contributed by atoms with Crippen LogP contribution in [0.5, 0.6) is 11.5 Å². The van der Waals surface area contributed by atoms with Crippen LogP contribution in [0.3, 0.4) is 0 Å². The summed E-state index contributed by atoms with van der Waals surface area (Å²) < 4.78 is 21.7. The zero-order valence-corrected chi connectivity index (χ0v) is 14.1. The highest BCUT2D eigenvalue weighted by Gasteiger charge is 2.28. The number of para-hydroxylation sites is 2. The molecule has 6 heteroatoms. The Morgan fingerprint density at radius 2 is 1.96 bits per heavy atom. The predicted molar refractivity (Wildman–Crippen MR) is 93.4 cm³/mol. The Bertz CT molecular complexity index is 1040. The molecule has 0 N–H and O–H groups in total. The number of aryl methyl sites for hydroxylation is 1. The molecule has 0 spiro atoms. The van der Waals surface area contributed by atoms with Gasteiger partial charge in [0.15, 0.2) is 11.5 Å². The predicted octanol–water partition coefficient (Wildman–Crippen LogP) is 2.98. The van der Waals surface area contributed by atoms with Gasteiger partial charge in [-0.3, -0.25) is 0 Å². The summed E-state index contributed by atoms with van der Waals surface area (Å²) in [7, 11) is 0. The van der Waals surface area contributed by atoms with Gasteiger partial charge in [0.2, 0.25) is 6.10 Å². The molecule has 1 atom stereocenters. The molecule has 3 aromatic rings. The summed E-state index contributed by atoms with van der Waals surface area (Å²) in [5, 5.41) is 0.731. The van der Waals surface area contributed by atoms with E-state index in [0.717, 1.165) is 10.9 Å². The molecule has 0 saturated heterocycles. The van der Waals surface area contributed by atoms with E-state index in [0.29, 0.717) is 22.6 Å². The molecule has 0 aliphatic carbocycles. The van der Waals surface area contributed by atoms with Gasteiger partial charge in [-0.05, 0) is 30.7 Å². The first-order valence-electron chi connectivity index (χ1n) is 8.19. The smallest absolute Gasteiger partial charge is 0.351 e. The number of carbonyl (C=O) groups excluding carboxylic acids is 1. The monoisotopic (exact) mass is 352 g/mol. The molecule has 6 nitrogen and oxygen atoms in total. The minimum Gasteiger partial charge on any atom is -0.485 e. The Labute approximate surface area is 148 Å². The largest absolute Gasteiger partial charge is 0.485 e. The highest BCUT2D eigenvalue weighted by Crippen LogP contribution is 2.31. The van der Waals surface area contributed by atoms with Gasteiger partial charge in [0, 0.05) is 17.0 Å². The fraction of sp³-hybridized carbons (Fsp3) is 0.200. The van der Waals surface area contributed by atoms with Gasteiger partial charge >= 0.3 is 11.6 Å². The lowest BCUT2D eigenvalue weighted by Crippen LogP contribution is -2.37. The summed E-state index contributed by atoms with van der Waals surface area (Å²) in [4.78, 5) is 24.1. The van der Waals surface area contributed by atoms with Crippen molar-refractivity contribution in [2.75, 3.05) is 6.61 Å². The number of fused-ring (bicyclic) bond motifs is 2. The first-order valence-corrected chi connectivity index (χ1v) is 8.19. The van der Waals surface area contributed by atoms with E-state index in [-0.39, 0.29) is 13.2 Å². The molecule has 1 unspecified atom stereocenters. The maximum atomic E-state index is 12.3. The number of carbonyl (C=O) groups is 1. The second-order valence-corrected chi connectivity index (χ2v) is 6.06. The van der Waals surface area contributed by atoms with E-state index in [2.05, 4.69) is 0 Å². The summed E-state index contributed by atoms with van der Waals surface area (Å²) in [5.41, 5.74) is 1.54. The van der Waals surface area contributed by atoms with Crippen LogP contribution < -0.4 is 15.1 Å². The van der Waals surface area contributed by atoms with Gasteiger partial charge in [0.1, 0.15) is 18.8 Å². The summed E-state index contributed by atoms with van der Waals surface area (Å²) in [6, 6.07) is 14.0. The van der Waals surface area contributed by atoms with Crippen molar-refractivity contribution in [3.63, 3.8) is 0 Å². The highest BCUT2D eigenvalue weighted by molar-refractivity contribution is 5.81. The van der Waals surface area contributed by atoms with Crippen molar-refractivity contribution in [3.05, 3.63) is 70.1 Å². The number of hydrogen-bond acceptors (Lipinski definition) is 6.